The maximum absolute atomic E-state index is 12.5. The third-order valence-corrected chi connectivity index (χ3v) is 10.9. The van der Waals surface area contributed by atoms with E-state index < -0.39 is 24.4 Å². The average molecular weight is 696 g/mol. The van der Waals surface area contributed by atoms with Crippen LogP contribution in [0.25, 0.3) is 0 Å². The predicted molar refractivity (Wildman–Crippen MR) is 213 cm³/mol. The van der Waals surface area contributed by atoms with Gasteiger partial charge in [0.2, 0.25) is 0 Å². The number of aliphatic hydroxyl groups is 3. The van der Waals surface area contributed by atoms with Crippen LogP contribution in [0, 0.1) is 0 Å². The van der Waals surface area contributed by atoms with Crippen molar-refractivity contribution in [1.82, 2.24) is 0 Å². The number of carbonyl (C=O) groups excluding carboxylic acids is 1. The molecule has 0 aromatic carbocycles. The van der Waals surface area contributed by atoms with E-state index in [1.165, 1.54) is 186 Å². The van der Waals surface area contributed by atoms with Crippen LogP contribution >= 0.6 is 0 Å². The summed E-state index contributed by atoms with van der Waals surface area (Å²) >= 11 is 0. The number of aliphatic hydroxyl groups excluding tert-OH is 3. The number of carbonyl (C=O) groups is 1. The molecule has 0 saturated heterocycles. The van der Waals surface area contributed by atoms with E-state index in [2.05, 4.69) is 13.8 Å². The Morgan fingerprint density at radius 3 is 0.939 bits per heavy atom. The molecule has 0 fully saturated rings. The second-order valence-electron chi connectivity index (χ2n) is 15.8. The van der Waals surface area contributed by atoms with Crippen molar-refractivity contribution in [1.29, 1.82) is 0 Å². The third kappa shape index (κ3) is 33.1. The highest BCUT2D eigenvalue weighted by Crippen LogP contribution is 2.18. The van der Waals surface area contributed by atoms with E-state index in [0.717, 1.165) is 38.5 Å². The van der Waals surface area contributed by atoms with Crippen molar-refractivity contribution in [2.45, 2.75) is 276 Å². The highest BCUT2D eigenvalue weighted by Gasteiger charge is 2.32. The Bertz CT molecular complexity index is 659. The summed E-state index contributed by atoms with van der Waals surface area (Å²) in [5, 5.41) is 31.3. The zero-order valence-electron chi connectivity index (χ0n) is 33.3. The van der Waals surface area contributed by atoms with Crippen LogP contribution in [-0.4, -0.2) is 45.5 Å². The molecule has 5 nitrogen and oxygen atoms in total. The van der Waals surface area contributed by atoms with Crippen LogP contribution in [-0.2, 0) is 4.79 Å². The van der Waals surface area contributed by atoms with Crippen LogP contribution in [0.3, 0.4) is 0 Å². The van der Waals surface area contributed by atoms with Crippen LogP contribution in [0.15, 0.2) is 0 Å². The van der Waals surface area contributed by atoms with Gasteiger partial charge in [0.05, 0.1) is 18.2 Å². The van der Waals surface area contributed by atoms with Gasteiger partial charge in [0.25, 0.3) is 0 Å². The number of unbranched alkanes of at least 4 members (excludes halogenated alkanes) is 33. The number of hydrogen-bond donors (Lipinski definition) is 4. The number of hydrogen-bond acceptors (Lipinski definition) is 5. The van der Waals surface area contributed by atoms with Gasteiger partial charge in [-0.25, -0.2) is 0 Å². The fraction of sp³-hybridized carbons (Fsp3) is 0.977. The highest BCUT2D eigenvalue weighted by atomic mass is 16.3. The lowest BCUT2D eigenvalue weighted by atomic mass is 9.93. The first-order chi connectivity index (χ1) is 24.0. The molecule has 0 radical (unpaired) electrons. The summed E-state index contributed by atoms with van der Waals surface area (Å²) in [7, 11) is 0. The predicted octanol–water partition coefficient (Wildman–Crippen LogP) is 12.4. The Balaban J connectivity index is 3.54. The second-order valence-corrected chi connectivity index (χ2v) is 15.8. The van der Waals surface area contributed by atoms with Crippen LogP contribution in [0.2, 0.25) is 0 Å². The first kappa shape index (κ1) is 48.5. The van der Waals surface area contributed by atoms with Crippen LogP contribution in [0.1, 0.15) is 251 Å². The minimum atomic E-state index is -1.41. The van der Waals surface area contributed by atoms with Gasteiger partial charge in [0.15, 0.2) is 5.78 Å². The zero-order valence-corrected chi connectivity index (χ0v) is 33.3. The summed E-state index contributed by atoms with van der Waals surface area (Å²) in [5.41, 5.74) is 6.01. The third-order valence-electron chi connectivity index (χ3n) is 10.9. The van der Waals surface area contributed by atoms with E-state index in [1.807, 2.05) is 0 Å². The summed E-state index contributed by atoms with van der Waals surface area (Å²) in [5.74, 6) is -0.312. The smallest absolute Gasteiger partial charge is 0.162 e. The Labute approximate surface area is 306 Å². The van der Waals surface area contributed by atoms with Gasteiger partial charge in [-0.2, -0.15) is 0 Å². The molecule has 0 spiro atoms. The Morgan fingerprint density at radius 1 is 0.408 bits per heavy atom. The molecule has 0 bridgehead atoms. The lowest BCUT2D eigenvalue weighted by Crippen LogP contribution is -2.52. The van der Waals surface area contributed by atoms with Gasteiger partial charge < -0.3 is 21.1 Å². The molecule has 0 aromatic rings. The van der Waals surface area contributed by atoms with Crippen molar-refractivity contribution in [2.24, 2.45) is 5.73 Å². The summed E-state index contributed by atoms with van der Waals surface area (Å²) < 4.78 is 0. The summed E-state index contributed by atoms with van der Waals surface area (Å²) in [4.78, 5) is 12.5. The number of Topliss-reactive ketones (excluding diaryl/α,β-unsaturated/α-hetero) is 1. The fourth-order valence-electron chi connectivity index (χ4n) is 7.26. The molecule has 5 heteroatoms. The molecule has 0 rings (SSSR count). The van der Waals surface area contributed by atoms with Gasteiger partial charge in [-0.3, -0.25) is 4.79 Å². The van der Waals surface area contributed by atoms with Gasteiger partial charge in [0, 0.05) is 6.42 Å². The molecule has 0 aliphatic rings. The first-order valence-electron chi connectivity index (χ1n) is 22.3. The van der Waals surface area contributed by atoms with E-state index in [0.29, 0.717) is 6.42 Å². The van der Waals surface area contributed by atoms with E-state index in [9.17, 15) is 20.1 Å². The van der Waals surface area contributed by atoms with Crippen molar-refractivity contribution in [3.05, 3.63) is 0 Å². The Hall–Kier alpha value is -0.490. The van der Waals surface area contributed by atoms with Gasteiger partial charge in [-0.1, -0.05) is 232 Å². The van der Waals surface area contributed by atoms with Crippen molar-refractivity contribution in [3.8, 4) is 0 Å². The van der Waals surface area contributed by atoms with E-state index >= 15 is 0 Å². The molecule has 0 aliphatic carbocycles. The van der Waals surface area contributed by atoms with Crippen molar-refractivity contribution in [2.75, 3.05) is 0 Å². The number of rotatable bonds is 41. The van der Waals surface area contributed by atoms with Crippen LogP contribution in [0.5, 0.6) is 0 Å². The summed E-state index contributed by atoms with van der Waals surface area (Å²) in [6.45, 7) is 4.54. The maximum atomic E-state index is 12.5. The summed E-state index contributed by atoms with van der Waals surface area (Å²) in [6, 6.07) is -1.13. The molecule has 49 heavy (non-hydrogen) atoms. The second kappa shape index (κ2) is 38.7. The lowest BCUT2D eigenvalue weighted by molar-refractivity contribution is -0.131. The molecule has 0 aromatic heterocycles. The van der Waals surface area contributed by atoms with Crippen molar-refractivity contribution in [3.63, 3.8) is 0 Å². The minimum Gasteiger partial charge on any atom is -0.390 e. The number of ketones is 1. The molecule has 294 valence electrons. The highest BCUT2D eigenvalue weighted by molar-refractivity contribution is 5.83. The van der Waals surface area contributed by atoms with Gasteiger partial charge in [-0.15, -0.1) is 0 Å². The molecule has 4 unspecified atom stereocenters. The molecule has 5 N–H and O–H groups in total. The van der Waals surface area contributed by atoms with Gasteiger partial charge >= 0.3 is 0 Å². The molecule has 4 atom stereocenters. The minimum absolute atomic E-state index is 0.287. The Kier molecular flexibility index (Phi) is 38.3. The molecule has 0 aliphatic heterocycles. The van der Waals surface area contributed by atoms with Crippen LogP contribution in [0.4, 0.5) is 0 Å². The lowest BCUT2D eigenvalue weighted by Gasteiger charge is -2.27. The maximum Gasteiger partial charge on any atom is 0.162 e. The molecule has 0 amide bonds. The topological polar surface area (TPSA) is 104 Å². The molecular weight excluding hydrogens is 606 g/mol. The first-order valence-corrected chi connectivity index (χ1v) is 22.3. The summed E-state index contributed by atoms with van der Waals surface area (Å²) in [6.07, 6.45) is 42.7. The fourth-order valence-corrected chi connectivity index (χ4v) is 7.26. The SMILES string of the molecule is CCCCCCCCCCCCCCCCCCCCCCCCCC(=O)C(O)C(N)C(O)C(O)CCCCCCCCCCCCCC. The van der Waals surface area contributed by atoms with Crippen molar-refractivity contribution >= 4 is 5.78 Å². The largest absolute Gasteiger partial charge is 0.390 e. The van der Waals surface area contributed by atoms with E-state index in [4.69, 9.17) is 5.73 Å². The van der Waals surface area contributed by atoms with Crippen LogP contribution < -0.4 is 5.73 Å². The normalized spacial score (nSPS) is 14.2. The monoisotopic (exact) mass is 696 g/mol. The Morgan fingerprint density at radius 2 is 0.653 bits per heavy atom. The average Bonchev–Trinajstić information content (AvgIpc) is 3.11. The zero-order chi connectivity index (χ0) is 36.0. The quantitative estimate of drug-likeness (QED) is 0.0477. The molecule has 0 heterocycles. The van der Waals surface area contributed by atoms with E-state index in [-0.39, 0.29) is 12.2 Å². The van der Waals surface area contributed by atoms with Crippen molar-refractivity contribution < 1.29 is 20.1 Å². The molecular formula is C44H89NO4. The van der Waals surface area contributed by atoms with Gasteiger partial charge in [0.1, 0.15) is 6.10 Å². The number of nitrogens with two attached hydrogens (primary N) is 1. The molecule has 0 saturated carbocycles. The van der Waals surface area contributed by atoms with Gasteiger partial charge in [-0.05, 0) is 12.8 Å². The van der Waals surface area contributed by atoms with E-state index in [1.54, 1.807) is 0 Å². The standard InChI is InChI=1S/C44H89NO4/c1-3-5-7-9-11-13-15-17-18-19-20-21-22-23-24-25-26-27-29-31-33-35-37-39-41(47)44(49)42(45)43(48)40(46)38-36-34-32-30-28-16-14-12-10-8-6-4-2/h40,42-44,46,48-49H,3-39,45H2,1-2H3.